The Morgan fingerprint density at radius 2 is 1.20 bits per heavy atom. The predicted molar refractivity (Wildman–Crippen MR) is 246 cm³/mol. The van der Waals surface area contributed by atoms with E-state index in [0.29, 0.717) is 11.5 Å². The molecule has 7 nitrogen and oxygen atoms in total. The van der Waals surface area contributed by atoms with E-state index in [9.17, 15) is 8.42 Å². The molecule has 0 N–H and O–H groups in total. The summed E-state index contributed by atoms with van der Waals surface area (Å²) in [4.78, 5) is 2.85. The molecule has 7 rings (SSSR count). The normalized spacial score (nSPS) is 20.5. The summed E-state index contributed by atoms with van der Waals surface area (Å²) in [5.41, 5.74) is 2.02. The zero-order chi connectivity index (χ0) is 43.8. The lowest BCUT2D eigenvalue weighted by molar-refractivity contribution is 0.0241. The quantitative estimate of drug-likeness (QED) is 0.128. The molecule has 0 radical (unpaired) electrons. The molecule has 3 heterocycles. The smallest absolute Gasteiger partial charge is 0.250 e. The summed E-state index contributed by atoms with van der Waals surface area (Å²) < 4.78 is 57.9. The summed E-state index contributed by atoms with van der Waals surface area (Å²) in [6.45, 7) is 34.5. The SMILES string of the molecule is CC1(C)Oc2ccc(S(=O)(=O)c3cccc(O[Si](C)(C)C(C)(C)C)c3)cc2[C@@H]2O[C@@]21C.CC1=Cc2cc(Sc3cccc(O[Si](C)(C)C(C)(C)C)c3)ccc2OC1(C)C. The molecule has 2 atom stereocenters. The minimum Gasteiger partial charge on any atom is -0.543 e. The molecule has 0 saturated carbocycles. The number of benzene rings is 4. The van der Waals surface area contributed by atoms with E-state index in [4.69, 9.17) is 23.1 Å². The van der Waals surface area contributed by atoms with Crippen LogP contribution in [-0.4, -0.2) is 41.9 Å². The van der Waals surface area contributed by atoms with Gasteiger partial charge in [0.25, 0.3) is 0 Å². The number of sulfone groups is 1. The fourth-order valence-corrected chi connectivity index (χ4v) is 10.7. The maximum absolute atomic E-state index is 13.4. The van der Waals surface area contributed by atoms with E-state index in [2.05, 4.69) is 137 Å². The monoisotopic (exact) mass is 872 g/mol. The van der Waals surface area contributed by atoms with Gasteiger partial charge in [-0.1, -0.05) is 65.4 Å². The average molecular weight is 873 g/mol. The van der Waals surface area contributed by atoms with Gasteiger partial charge in [-0.2, -0.15) is 0 Å². The third kappa shape index (κ3) is 9.10. The van der Waals surface area contributed by atoms with Crippen LogP contribution in [0.4, 0.5) is 0 Å². The molecule has 0 aliphatic carbocycles. The number of ether oxygens (including phenoxy) is 3. The van der Waals surface area contributed by atoms with Crippen molar-refractivity contribution in [3.8, 4) is 23.0 Å². The van der Waals surface area contributed by atoms with Crippen molar-refractivity contribution in [2.24, 2.45) is 0 Å². The largest absolute Gasteiger partial charge is 0.543 e. The van der Waals surface area contributed by atoms with Crippen LogP contribution in [0, 0.1) is 0 Å². The standard InChI is InChI=1S/C24H32O5SSi.C24H32O2SSi/c1-22(2,3)31(7,8)29-16-10-9-11-17(14-16)30(25,26)18-12-13-20-19(15-18)21-24(6,28-21)23(4,5)27-20;1-17-14-18-15-21(12-13-22(18)25-24(17,5)6)27-20-11-9-10-19(16-20)26-28(7,8)23(2,3)4/h9-15,21H,1-8H3;9-16H,1-8H3/t21-,24-;/m0./s1. The van der Waals surface area contributed by atoms with Gasteiger partial charge in [-0.15, -0.1) is 0 Å². The molecule has 0 spiro atoms. The molecule has 1 fully saturated rings. The summed E-state index contributed by atoms with van der Waals surface area (Å²) in [7, 11) is -7.63. The fourth-order valence-electron chi connectivity index (χ4n) is 6.43. The summed E-state index contributed by atoms with van der Waals surface area (Å²) in [5.74, 6) is 3.19. The van der Waals surface area contributed by atoms with Crippen molar-refractivity contribution in [2.75, 3.05) is 0 Å². The van der Waals surface area contributed by atoms with Crippen molar-refractivity contribution < 1.29 is 31.5 Å². The average Bonchev–Trinajstić information content (AvgIpc) is 3.82. The molecule has 0 amide bonds. The Bertz CT molecular complexity index is 2390. The van der Waals surface area contributed by atoms with Gasteiger partial charge in [-0.05, 0) is 162 Å². The number of epoxide rings is 1. The highest BCUT2D eigenvalue weighted by Gasteiger charge is 2.67. The van der Waals surface area contributed by atoms with Gasteiger partial charge in [0.05, 0.1) is 9.79 Å². The first-order valence-electron chi connectivity index (χ1n) is 20.5. The first-order valence-corrected chi connectivity index (χ1v) is 28.6. The molecule has 11 heteroatoms. The molecule has 4 aromatic rings. The molecule has 3 aliphatic rings. The van der Waals surface area contributed by atoms with E-state index in [1.54, 1.807) is 48.2 Å². The van der Waals surface area contributed by atoms with Gasteiger partial charge in [0.15, 0.2) is 0 Å². The second-order valence-corrected chi connectivity index (χ2v) is 32.9. The van der Waals surface area contributed by atoms with E-state index in [1.807, 2.05) is 26.8 Å². The van der Waals surface area contributed by atoms with E-state index >= 15 is 0 Å². The Hall–Kier alpha value is -3.49. The highest BCUT2D eigenvalue weighted by molar-refractivity contribution is 7.99. The van der Waals surface area contributed by atoms with E-state index in [0.717, 1.165) is 22.6 Å². The summed E-state index contributed by atoms with van der Waals surface area (Å²) in [6, 6.07) is 26.7. The van der Waals surface area contributed by atoms with Crippen LogP contribution in [0.15, 0.2) is 110 Å². The maximum atomic E-state index is 13.4. The minimum absolute atomic E-state index is 0.0189. The van der Waals surface area contributed by atoms with Crippen LogP contribution in [0.1, 0.15) is 100 Å². The fraction of sp³-hybridized carbons (Fsp3) is 0.458. The Labute approximate surface area is 360 Å². The van der Waals surface area contributed by atoms with E-state index in [-0.39, 0.29) is 31.6 Å². The highest BCUT2D eigenvalue weighted by atomic mass is 32.2. The van der Waals surface area contributed by atoms with Gasteiger partial charge < -0.3 is 23.1 Å². The lowest BCUT2D eigenvalue weighted by atomic mass is 9.84. The lowest BCUT2D eigenvalue weighted by Crippen LogP contribution is -2.45. The van der Waals surface area contributed by atoms with Gasteiger partial charge in [-0.3, -0.25) is 0 Å². The van der Waals surface area contributed by atoms with Gasteiger partial charge in [-0.25, -0.2) is 8.42 Å². The van der Waals surface area contributed by atoms with Crippen molar-refractivity contribution in [3.63, 3.8) is 0 Å². The second kappa shape index (κ2) is 15.1. The first kappa shape index (κ1) is 45.1. The zero-order valence-corrected chi connectivity index (χ0v) is 41.5. The number of fused-ring (bicyclic) bond motifs is 4. The van der Waals surface area contributed by atoms with Gasteiger partial charge in [0.1, 0.15) is 45.9 Å². The second-order valence-electron chi connectivity index (χ2n) is 20.3. The van der Waals surface area contributed by atoms with Crippen LogP contribution in [0.2, 0.25) is 36.3 Å². The molecular weight excluding hydrogens is 809 g/mol. The van der Waals surface area contributed by atoms with Crippen LogP contribution in [0.25, 0.3) is 6.08 Å². The molecule has 318 valence electrons. The van der Waals surface area contributed by atoms with Crippen LogP contribution < -0.4 is 18.3 Å². The van der Waals surface area contributed by atoms with Crippen molar-refractivity contribution in [2.45, 2.75) is 162 Å². The Morgan fingerprint density at radius 3 is 1.81 bits per heavy atom. The molecular formula is C48H64O7S2Si2. The maximum Gasteiger partial charge on any atom is 0.250 e. The molecule has 59 heavy (non-hydrogen) atoms. The molecule has 1 saturated heterocycles. The molecule has 0 aromatic heterocycles. The van der Waals surface area contributed by atoms with Crippen molar-refractivity contribution in [1.82, 2.24) is 0 Å². The molecule has 3 aliphatic heterocycles. The van der Waals surface area contributed by atoms with E-state index in [1.165, 1.54) is 15.4 Å². The van der Waals surface area contributed by atoms with Crippen LogP contribution in [0.3, 0.4) is 0 Å². The highest BCUT2D eigenvalue weighted by Crippen LogP contribution is 2.62. The van der Waals surface area contributed by atoms with Gasteiger partial charge >= 0.3 is 0 Å². The Morgan fingerprint density at radius 1 is 0.661 bits per heavy atom. The topological polar surface area (TPSA) is 83.6 Å². The van der Waals surface area contributed by atoms with Crippen LogP contribution in [-0.2, 0) is 14.6 Å². The Balaban J connectivity index is 0.000000199. The first-order chi connectivity index (χ1) is 27.0. The third-order valence-electron chi connectivity index (χ3n) is 13.1. The minimum atomic E-state index is -3.72. The van der Waals surface area contributed by atoms with Gasteiger partial charge in [0, 0.05) is 20.9 Å². The predicted octanol–water partition coefficient (Wildman–Crippen LogP) is 13.7. The summed E-state index contributed by atoms with van der Waals surface area (Å²) in [5, 5.41) is 0.206. The Kier molecular flexibility index (Phi) is 11.6. The third-order valence-corrected chi connectivity index (χ3v) is 24.6. The van der Waals surface area contributed by atoms with Gasteiger partial charge in [0.2, 0.25) is 26.5 Å². The zero-order valence-electron chi connectivity index (χ0n) is 37.9. The number of hydrogen-bond acceptors (Lipinski definition) is 8. The molecule has 0 unspecified atom stereocenters. The number of hydrogen-bond donors (Lipinski definition) is 0. The van der Waals surface area contributed by atoms with E-state index < -0.39 is 37.7 Å². The van der Waals surface area contributed by atoms with Crippen LogP contribution in [0.5, 0.6) is 23.0 Å². The van der Waals surface area contributed by atoms with Crippen molar-refractivity contribution >= 4 is 44.3 Å². The lowest BCUT2D eigenvalue weighted by Gasteiger charge is -2.36. The van der Waals surface area contributed by atoms with Crippen LogP contribution >= 0.6 is 11.8 Å². The van der Waals surface area contributed by atoms with Crippen molar-refractivity contribution in [3.05, 3.63) is 102 Å². The van der Waals surface area contributed by atoms with Crippen molar-refractivity contribution in [1.29, 1.82) is 0 Å². The molecule has 0 bridgehead atoms. The number of rotatable bonds is 8. The summed E-state index contributed by atoms with van der Waals surface area (Å²) in [6.07, 6.45) is 2.08. The summed E-state index contributed by atoms with van der Waals surface area (Å²) >= 11 is 1.76. The molecule has 4 aromatic carbocycles.